The predicted molar refractivity (Wildman–Crippen MR) is 86.4 cm³/mol. The second-order valence-electron chi connectivity index (χ2n) is 5.60. The molecule has 0 bridgehead atoms. The number of benzene rings is 1. The number of alkyl halides is 2. The lowest BCUT2D eigenvalue weighted by Crippen LogP contribution is -2.47. The minimum Gasteiger partial charge on any atom is -0.478 e. The Morgan fingerprint density at radius 2 is 2.04 bits per heavy atom. The van der Waals surface area contributed by atoms with Crippen LogP contribution in [0.2, 0.25) is 5.02 Å². The van der Waals surface area contributed by atoms with Gasteiger partial charge in [0.1, 0.15) is 11.6 Å². The summed E-state index contributed by atoms with van der Waals surface area (Å²) in [5, 5.41) is 3.24. The summed E-state index contributed by atoms with van der Waals surface area (Å²) in [7, 11) is 0. The van der Waals surface area contributed by atoms with Crippen molar-refractivity contribution in [2.24, 2.45) is 0 Å². The fourth-order valence-electron chi connectivity index (χ4n) is 2.06. The molecule has 0 fully saturated rings. The number of halogens is 3. The minimum absolute atomic E-state index is 0.177. The standard InChI is InChI=1S/C16H18ClF2N3O2/c1-16(2,24-12-5-3-11(17)4-6-12)14(23)21-8-7-13-20-9-10-22(13)15(18)19/h3-6,9-10,15H,7-8H2,1-2H3,(H,21,23). The van der Waals surface area contributed by atoms with E-state index in [2.05, 4.69) is 10.3 Å². The highest BCUT2D eigenvalue weighted by atomic mass is 35.5. The van der Waals surface area contributed by atoms with Gasteiger partial charge in [-0.05, 0) is 38.1 Å². The van der Waals surface area contributed by atoms with E-state index >= 15 is 0 Å². The van der Waals surface area contributed by atoms with Crippen molar-refractivity contribution < 1.29 is 18.3 Å². The third-order valence-corrected chi connectivity index (χ3v) is 3.58. The second kappa shape index (κ2) is 7.61. The first-order valence-corrected chi connectivity index (χ1v) is 7.70. The van der Waals surface area contributed by atoms with Gasteiger partial charge in [0.25, 0.3) is 5.91 Å². The molecule has 0 unspecified atom stereocenters. The molecule has 2 aromatic rings. The molecule has 0 spiro atoms. The van der Waals surface area contributed by atoms with Gasteiger partial charge in [-0.2, -0.15) is 8.78 Å². The highest BCUT2D eigenvalue weighted by molar-refractivity contribution is 6.30. The molecule has 0 atom stereocenters. The molecular formula is C16H18ClF2N3O2. The zero-order chi connectivity index (χ0) is 17.7. The molecule has 8 heteroatoms. The maximum Gasteiger partial charge on any atom is 0.319 e. The van der Waals surface area contributed by atoms with Gasteiger partial charge in [0.2, 0.25) is 0 Å². The third kappa shape index (κ3) is 4.67. The van der Waals surface area contributed by atoms with Gasteiger partial charge in [0.05, 0.1) is 0 Å². The molecular weight excluding hydrogens is 340 g/mol. The Morgan fingerprint density at radius 3 is 2.67 bits per heavy atom. The van der Waals surface area contributed by atoms with Gasteiger partial charge >= 0.3 is 6.55 Å². The van der Waals surface area contributed by atoms with Crippen molar-refractivity contribution in [1.29, 1.82) is 0 Å². The number of hydrogen-bond donors (Lipinski definition) is 1. The van der Waals surface area contributed by atoms with Crippen molar-refractivity contribution in [2.45, 2.75) is 32.4 Å². The van der Waals surface area contributed by atoms with Crippen LogP contribution < -0.4 is 10.1 Å². The molecule has 24 heavy (non-hydrogen) atoms. The number of rotatable bonds is 7. The van der Waals surface area contributed by atoms with Crippen molar-refractivity contribution in [3.05, 3.63) is 47.5 Å². The molecule has 1 amide bonds. The number of aromatic nitrogens is 2. The van der Waals surface area contributed by atoms with Gasteiger partial charge in [0.15, 0.2) is 5.60 Å². The lowest BCUT2D eigenvalue weighted by molar-refractivity contribution is -0.134. The predicted octanol–water partition coefficient (Wildman–Crippen LogP) is 3.45. The van der Waals surface area contributed by atoms with Crippen molar-refractivity contribution in [3.8, 4) is 5.75 Å². The van der Waals surface area contributed by atoms with Crippen LogP contribution in [0.15, 0.2) is 36.7 Å². The molecule has 0 aliphatic heterocycles. The number of amides is 1. The molecule has 0 aliphatic rings. The quantitative estimate of drug-likeness (QED) is 0.825. The molecule has 1 aromatic carbocycles. The van der Waals surface area contributed by atoms with E-state index in [4.69, 9.17) is 16.3 Å². The smallest absolute Gasteiger partial charge is 0.319 e. The SMILES string of the molecule is CC(C)(Oc1ccc(Cl)cc1)C(=O)NCCc1nccn1C(F)F. The van der Waals surface area contributed by atoms with Crippen LogP contribution >= 0.6 is 11.6 Å². The number of hydrogen-bond acceptors (Lipinski definition) is 3. The van der Waals surface area contributed by atoms with E-state index in [1.165, 1.54) is 12.4 Å². The summed E-state index contributed by atoms with van der Waals surface area (Å²) in [6.45, 7) is 0.771. The molecule has 2 rings (SSSR count). The van der Waals surface area contributed by atoms with Crippen LogP contribution in [-0.4, -0.2) is 27.6 Å². The van der Waals surface area contributed by atoms with Crippen LogP contribution in [0.4, 0.5) is 8.78 Å². The molecule has 130 valence electrons. The van der Waals surface area contributed by atoms with E-state index in [1.54, 1.807) is 38.1 Å². The Bertz CT molecular complexity index is 687. The van der Waals surface area contributed by atoms with Crippen LogP contribution in [0.5, 0.6) is 5.75 Å². The average molecular weight is 358 g/mol. The molecule has 1 N–H and O–H groups in total. The van der Waals surface area contributed by atoms with E-state index in [0.717, 1.165) is 4.57 Å². The second-order valence-corrected chi connectivity index (χ2v) is 6.04. The lowest BCUT2D eigenvalue weighted by Gasteiger charge is -2.25. The van der Waals surface area contributed by atoms with Gasteiger partial charge < -0.3 is 10.1 Å². The Balaban J connectivity index is 1.88. The Morgan fingerprint density at radius 1 is 1.38 bits per heavy atom. The maximum absolute atomic E-state index is 12.7. The van der Waals surface area contributed by atoms with E-state index in [9.17, 15) is 13.6 Å². The summed E-state index contributed by atoms with van der Waals surface area (Å²) in [4.78, 5) is 16.1. The Labute approximate surface area is 143 Å². The van der Waals surface area contributed by atoms with Crippen molar-refractivity contribution in [2.75, 3.05) is 6.54 Å². The topological polar surface area (TPSA) is 56.1 Å². The summed E-state index contributed by atoms with van der Waals surface area (Å²) in [6.07, 6.45) is 2.70. The molecule has 0 aliphatic carbocycles. The Hall–Kier alpha value is -2.15. The summed E-state index contributed by atoms with van der Waals surface area (Å²) >= 11 is 5.80. The van der Waals surface area contributed by atoms with Gasteiger partial charge in [-0.25, -0.2) is 4.98 Å². The maximum atomic E-state index is 12.7. The normalized spacial score (nSPS) is 11.6. The van der Waals surface area contributed by atoms with E-state index in [-0.39, 0.29) is 24.7 Å². The summed E-state index contributed by atoms with van der Waals surface area (Å²) in [6, 6.07) is 6.65. The molecule has 0 saturated carbocycles. The van der Waals surface area contributed by atoms with Gasteiger partial charge in [-0.1, -0.05) is 11.6 Å². The summed E-state index contributed by atoms with van der Waals surface area (Å²) in [5.74, 6) is 0.363. The van der Waals surface area contributed by atoms with E-state index in [0.29, 0.717) is 10.8 Å². The van der Waals surface area contributed by atoms with Crippen molar-refractivity contribution in [1.82, 2.24) is 14.9 Å². The van der Waals surface area contributed by atoms with Gasteiger partial charge in [-0.3, -0.25) is 9.36 Å². The van der Waals surface area contributed by atoms with Gasteiger partial charge in [0, 0.05) is 30.4 Å². The minimum atomic E-state index is -2.65. The van der Waals surface area contributed by atoms with Crippen LogP contribution in [-0.2, 0) is 11.2 Å². The highest BCUT2D eigenvalue weighted by Crippen LogP contribution is 2.21. The number of imidazole rings is 1. The highest BCUT2D eigenvalue weighted by Gasteiger charge is 2.29. The average Bonchev–Trinajstić information content (AvgIpc) is 2.98. The first-order valence-electron chi connectivity index (χ1n) is 7.32. The lowest BCUT2D eigenvalue weighted by atomic mass is 10.1. The molecule has 1 heterocycles. The number of nitrogens with one attached hydrogen (secondary N) is 1. The molecule has 0 saturated heterocycles. The van der Waals surface area contributed by atoms with E-state index in [1.807, 2.05) is 0 Å². The molecule has 5 nitrogen and oxygen atoms in total. The van der Waals surface area contributed by atoms with Gasteiger partial charge in [-0.15, -0.1) is 0 Å². The van der Waals surface area contributed by atoms with Crippen molar-refractivity contribution >= 4 is 17.5 Å². The molecule has 0 radical (unpaired) electrons. The number of nitrogens with zero attached hydrogens (tertiary/aromatic N) is 2. The van der Waals surface area contributed by atoms with Crippen LogP contribution in [0.1, 0.15) is 26.2 Å². The number of carbonyl (C=O) groups is 1. The first-order chi connectivity index (χ1) is 11.3. The zero-order valence-corrected chi connectivity index (χ0v) is 14.1. The van der Waals surface area contributed by atoms with Crippen LogP contribution in [0, 0.1) is 0 Å². The van der Waals surface area contributed by atoms with Crippen molar-refractivity contribution in [3.63, 3.8) is 0 Å². The molecule has 1 aromatic heterocycles. The zero-order valence-electron chi connectivity index (χ0n) is 13.3. The van der Waals surface area contributed by atoms with Crippen LogP contribution in [0.25, 0.3) is 0 Å². The fraction of sp³-hybridized carbons (Fsp3) is 0.375. The van der Waals surface area contributed by atoms with E-state index < -0.39 is 12.2 Å². The summed E-state index contributed by atoms with van der Waals surface area (Å²) < 4.78 is 31.8. The largest absolute Gasteiger partial charge is 0.478 e. The summed E-state index contributed by atoms with van der Waals surface area (Å²) in [5.41, 5.74) is -1.12. The first kappa shape index (κ1) is 18.2. The number of ether oxygens (including phenoxy) is 1. The fourth-order valence-corrected chi connectivity index (χ4v) is 2.19. The third-order valence-electron chi connectivity index (χ3n) is 3.33. The Kier molecular flexibility index (Phi) is 5.77. The number of carbonyl (C=O) groups excluding carboxylic acids is 1. The monoisotopic (exact) mass is 357 g/mol. The van der Waals surface area contributed by atoms with Crippen LogP contribution in [0.3, 0.4) is 0 Å².